The van der Waals surface area contributed by atoms with Crippen molar-refractivity contribution in [2.75, 3.05) is 19.6 Å². The summed E-state index contributed by atoms with van der Waals surface area (Å²) >= 11 is 0. The SMILES string of the molecule is CCCCN(Cc1cccn1C)C(=O)CN(CC(C)C)C(=O)c1ccc(CC)cc1. The minimum absolute atomic E-state index is 0.00354. The Balaban J connectivity index is 2.17. The van der Waals surface area contributed by atoms with Crippen LogP contribution in [-0.4, -0.2) is 45.8 Å². The Hall–Kier alpha value is -2.56. The predicted molar refractivity (Wildman–Crippen MR) is 122 cm³/mol. The Morgan fingerprint density at radius 1 is 1.03 bits per heavy atom. The molecular weight excluding hydrogens is 374 g/mol. The van der Waals surface area contributed by atoms with Crippen molar-refractivity contribution in [3.8, 4) is 0 Å². The van der Waals surface area contributed by atoms with Crippen LogP contribution in [0.25, 0.3) is 0 Å². The molecule has 0 atom stereocenters. The fourth-order valence-corrected chi connectivity index (χ4v) is 3.49. The number of hydrogen-bond donors (Lipinski definition) is 0. The Morgan fingerprint density at radius 2 is 1.73 bits per heavy atom. The fraction of sp³-hybridized carbons (Fsp3) is 0.520. The molecule has 0 aliphatic heterocycles. The number of nitrogens with zero attached hydrogens (tertiary/aromatic N) is 3. The summed E-state index contributed by atoms with van der Waals surface area (Å²) in [5.74, 6) is 0.214. The molecule has 1 heterocycles. The molecule has 1 aromatic carbocycles. The summed E-state index contributed by atoms with van der Waals surface area (Å²) in [6.45, 7) is 10.3. The van der Waals surface area contributed by atoms with Crippen molar-refractivity contribution in [2.24, 2.45) is 13.0 Å². The van der Waals surface area contributed by atoms with Gasteiger partial charge in [-0.15, -0.1) is 0 Å². The van der Waals surface area contributed by atoms with Crippen LogP contribution < -0.4 is 0 Å². The molecule has 0 saturated carbocycles. The molecule has 5 nitrogen and oxygen atoms in total. The summed E-state index contributed by atoms with van der Waals surface area (Å²) < 4.78 is 2.04. The molecule has 30 heavy (non-hydrogen) atoms. The summed E-state index contributed by atoms with van der Waals surface area (Å²) in [4.78, 5) is 30.0. The lowest BCUT2D eigenvalue weighted by molar-refractivity contribution is -0.132. The zero-order valence-corrected chi connectivity index (χ0v) is 19.2. The Morgan fingerprint density at radius 3 is 2.27 bits per heavy atom. The molecular formula is C25H37N3O2. The molecule has 0 radical (unpaired) electrons. The first kappa shape index (κ1) is 23.7. The topological polar surface area (TPSA) is 45.6 Å². The molecule has 2 aromatic rings. The van der Waals surface area contributed by atoms with Crippen molar-refractivity contribution in [1.29, 1.82) is 0 Å². The van der Waals surface area contributed by atoms with Crippen LogP contribution in [0.3, 0.4) is 0 Å². The molecule has 0 unspecified atom stereocenters. The Bertz CT molecular complexity index is 808. The zero-order valence-electron chi connectivity index (χ0n) is 19.2. The van der Waals surface area contributed by atoms with Gasteiger partial charge in [-0.05, 0) is 48.6 Å². The van der Waals surface area contributed by atoms with Gasteiger partial charge in [-0.3, -0.25) is 9.59 Å². The Labute approximate surface area is 181 Å². The van der Waals surface area contributed by atoms with E-state index >= 15 is 0 Å². The highest BCUT2D eigenvalue weighted by Crippen LogP contribution is 2.13. The second kappa shape index (κ2) is 11.6. The van der Waals surface area contributed by atoms with Crippen molar-refractivity contribution >= 4 is 11.8 Å². The molecule has 0 N–H and O–H groups in total. The van der Waals surface area contributed by atoms with E-state index in [1.54, 1.807) is 4.90 Å². The number of carbonyl (C=O) groups excluding carboxylic acids is 2. The largest absolute Gasteiger partial charge is 0.353 e. The molecule has 0 bridgehead atoms. The lowest BCUT2D eigenvalue weighted by atomic mass is 10.1. The van der Waals surface area contributed by atoms with Gasteiger partial charge in [-0.1, -0.05) is 46.2 Å². The quantitative estimate of drug-likeness (QED) is 0.546. The number of hydrogen-bond acceptors (Lipinski definition) is 2. The van der Waals surface area contributed by atoms with E-state index in [1.165, 1.54) is 5.56 Å². The molecule has 2 amide bonds. The summed E-state index contributed by atoms with van der Waals surface area (Å²) in [6.07, 6.45) is 4.91. The number of rotatable bonds is 11. The number of benzene rings is 1. The van der Waals surface area contributed by atoms with Crippen molar-refractivity contribution in [3.63, 3.8) is 0 Å². The smallest absolute Gasteiger partial charge is 0.254 e. The number of unbranched alkanes of at least 4 members (excludes halogenated alkanes) is 1. The monoisotopic (exact) mass is 411 g/mol. The van der Waals surface area contributed by atoms with Crippen LogP contribution in [0, 0.1) is 5.92 Å². The Kier molecular flexibility index (Phi) is 9.15. The van der Waals surface area contributed by atoms with Gasteiger partial charge in [0.25, 0.3) is 5.91 Å². The molecule has 0 saturated heterocycles. The second-order valence-corrected chi connectivity index (χ2v) is 8.41. The van der Waals surface area contributed by atoms with Crippen LogP contribution in [0.5, 0.6) is 0 Å². The average molecular weight is 412 g/mol. The van der Waals surface area contributed by atoms with Gasteiger partial charge < -0.3 is 14.4 Å². The van der Waals surface area contributed by atoms with E-state index in [1.807, 2.05) is 59.1 Å². The average Bonchev–Trinajstić information content (AvgIpc) is 3.14. The predicted octanol–water partition coefficient (Wildman–Crippen LogP) is 4.51. The minimum Gasteiger partial charge on any atom is -0.353 e. The first-order valence-corrected chi connectivity index (χ1v) is 11.1. The number of carbonyl (C=O) groups is 2. The lowest BCUT2D eigenvalue weighted by Crippen LogP contribution is -2.44. The third-order valence-electron chi connectivity index (χ3n) is 5.35. The van der Waals surface area contributed by atoms with Gasteiger partial charge in [0.15, 0.2) is 0 Å². The highest BCUT2D eigenvalue weighted by Gasteiger charge is 2.23. The second-order valence-electron chi connectivity index (χ2n) is 8.41. The van der Waals surface area contributed by atoms with Gasteiger partial charge in [0.1, 0.15) is 6.54 Å². The van der Waals surface area contributed by atoms with Crippen LogP contribution in [0.1, 0.15) is 62.2 Å². The van der Waals surface area contributed by atoms with Crippen LogP contribution in [0.4, 0.5) is 0 Å². The third kappa shape index (κ3) is 6.75. The van der Waals surface area contributed by atoms with Crippen LogP contribution in [0.2, 0.25) is 0 Å². The first-order valence-electron chi connectivity index (χ1n) is 11.1. The van der Waals surface area contributed by atoms with E-state index in [0.29, 0.717) is 25.2 Å². The number of aromatic nitrogens is 1. The summed E-state index contributed by atoms with van der Waals surface area (Å²) in [5.41, 5.74) is 2.94. The van der Waals surface area contributed by atoms with E-state index < -0.39 is 0 Å². The molecule has 2 rings (SSSR count). The summed E-state index contributed by atoms with van der Waals surface area (Å²) in [7, 11) is 1.99. The van der Waals surface area contributed by atoms with Crippen LogP contribution >= 0.6 is 0 Å². The molecule has 5 heteroatoms. The van der Waals surface area contributed by atoms with Crippen molar-refractivity contribution < 1.29 is 9.59 Å². The van der Waals surface area contributed by atoms with Gasteiger partial charge >= 0.3 is 0 Å². The van der Waals surface area contributed by atoms with E-state index in [9.17, 15) is 9.59 Å². The van der Waals surface area contributed by atoms with E-state index in [2.05, 4.69) is 27.7 Å². The maximum Gasteiger partial charge on any atom is 0.254 e. The third-order valence-corrected chi connectivity index (χ3v) is 5.35. The highest BCUT2D eigenvalue weighted by molar-refractivity contribution is 5.96. The molecule has 0 spiro atoms. The van der Waals surface area contributed by atoms with Gasteiger partial charge in [0, 0.05) is 37.6 Å². The van der Waals surface area contributed by atoms with E-state index in [-0.39, 0.29) is 24.3 Å². The van der Waals surface area contributed by atoms with Gasteiger partial charge in [0.05, 0.1) is 6.54 Å². The van der Waals surface area contributed by atoms with Crippen LogP contribution in [-0.2, 0) is 24.8 Å². The van der Waals surface area contributed by atoms with Gasteiger partial charge in [-0.2, -0.15) is 0 Å². The highest BCUT2D eigenvalue weighted by atomic mass is 16.2. The van der Waals surface area contributed by atoms with Crippen molar-refractivity contribution in [1.82, 2.24) is 14.4 Å². The first-order chi connectivity index (χ1) is 14.3. The summed E-state index contributed by atoms with van der Waals surface area (Å²) in [6, 6.07) is 11.8. The minimum atomic E-state index is -0.0750. The van der Waals surface area contributed by atoms with Crippen molar-refractivity contribution in [2.45, 2.75) is 53.5 Å². The molecule has 0 fully saturated rings. The fourth-order valence-electron chi connectivity index (χ4n) is 3.49. The van der Waals surface area contributed by atoms with Gasteiger partial charge in [0.2, 0.25) is 5.91 Å². The van der Waals surface area contributed by atoms with Gasteiger partial charge in [-0.25, -0.2) is 0 Å². The standard InChI is InChI=1S/C25H37N3O2/c1-6-8-16-27(18-23-10-9-15-26(23)5)24(29)19-28(17-20(3)4)25(30)22-13-11-21(7-2)12-14-22/h9-15,20H,6-8,16-19H2,1-5H3. The van der Waals surface area contributed by atoms with E-state index in [0.717, 1.165) is 25.0 Å². The maximum atomic E-state index is 13.2. The van der Waals surface area contributed by atoms with Crippen LogP contribution in [0.15, 0.2) is 42.6 Å². The lowest BCUT2D eigenvalue weighted by Gasteiger charge is -2.29. The number of amides is 2. The molecule has 0 aliphatic rings. The molecule has 1 aromatic heterocycles. The van der Waals surface area contributed by atoms with Crippen molar-refractivity contribution in [3.05, 3.63) is 59.4 Å². The number of aryl methyl sites for hydroxylation is 2. The van der Waals surface area contributed by atoms with E-state index in [4.69, 9.17) is 0 Å². The normalized spacial score (nSPS) is 11.0. The molecule has 0 aliphatic carbocycles. The summed E-state index contributed by atoms with van der Waals surface area (Å²) in [5, 5.41) is 0. The zero-order chi connectivity index (χ0) is 22.1. The molecule has 164 valence electrons. The maximum absolute atomic E-state index is 13.2.